The van der Waals surface area contributed by atoms with Crippen molar-refractivity contribution in [2.45, 2.75) is 24.5 Å². The fraction of sp³-hybridized carbons (Fsp3) is 0.615. The molecule has 0 aliphatic carbocycles. The van der Waals surface area contributed by atoms with E-state index >= 15 is 0 Å². The Labute approximate surface area is 122 Å². The normalized spacial score (nSPS) is 17.6. The molecule has 1 N–H and O–H groups in total. The van der Waals surface area contributed by atoms with Crippen molar-refractivity contribution in [1.29, 1.82) is 0 Å². The highest BCUT2D eigenvalue weighted by atomic mass is 32.2. The number of hydrogen-bond acceptors (Lipinski definition) is 6. The van der Waals surface area contributed by atoms with E-state index in [0.29, 0.717) is 12.4 Å². The van der Waals surface area contributed by atoms with Crippen LogP contribution in [0, 0.1) is 10.1 Å². The average molecular weight is 297 g/mol. The second kappa shape index (κ2) is 6.90. The third kappa shape index (κ3) is 3.61. The van der Waals surface area contributed by atoms with E-state index in [4.69, 9.17) is 4.74 Å². The van der Waals surface area contributed by atoms with Gasteiger partial charge in [-0.25, -0.2) is 4.98 Å². The number of rotatable bonds is 6. The maximum Gasteiger partial charge on any atom is 0.311 e. The lowest BCUT2D eigenvalue weighted by atomic mass is 9.99. The van der Waals surface area contributed by atoms with Crippen LogP contribution < -0.4 is 5.32 Å². The minimum absolute atomic E-state index is 0.0243. The smallest absolute Gasteiger partial charge is 0.311 e. The van der Waals surface area contributed by atoms with Gasteiger partial charge in [0.25, 0.3) is 0 Å². The van der Waals surface area contributed by atoms with Crippen molar-refractivity contribution in [3.05, 3.63) is 28.4 Å². The predicted octanol–water partition coefficient (Wildman–Crippen LogP) is 2.70. The molecule has 110 valence electrons. The summed E-state index contributed by atoms with van der Waals surface area (Å²) in [6.45, 7) is 4.30. The van der Waals surface area contributed by atoms with Gasteiger partial charge < -0.3 is 10.1 Å². The van der Waals surface area contributed by atoms with Crippen LogP contribution >= 0.6 is 11.8 Å². The number of nitrogens with one attached hydrogen (secondary N) is 1. The molecule has 0 bridgehead atoms. The van der Waals surface area contributed by atoms with Crippen LogP contribution in [0.4, 0.5) is 11.5 Å². The second-order valence-electron chi connectivity index (χ2n) is 4.71. The molecule has 1 aromatic rings. The molecule has 1 fully saturated rings. The lowest BCUT2D eigenvalue weighted by Gasteiger charge is -2.36. The van der Waals surface area contributed by atoms with Crippen LogP contribution in [-0.2, 0) is 4.74 Å². The van der Waals surface area contributed by atoms with E-state index in [1.807, 2.05) is 11.8 Å². The van der Waals surface area contributed by atoms with E-state index in [1.54, 1.807) is 12.3 Å². The van der Waals surface area contributed by atoms with Gasteiger partial charge in [0.1, 0.15) is 0 Å². The molecule has 0 saturated carbocycles. The van der Waals surface area contributed by atoms with Crippen molar-refractivity contribution in [3.63, 3.8) is 0 Å². The first kappa shape index (κ1) is 15.1. The molecule has 2 rings (SSSR count). The number of anilines is 1. The van der Waals surface area contributed by atoms with Crippen LogP contribution in [0.25, 0.3) is 0 Å². The highest BCUT2D eigenvalue weighted by molar-refractivity contribution is 8.00. The maximum absolute atomic E-state index is 11.0. The molecule has 20 heavy (non-hydrogen) atoms. The molecule has 6 nitrogen and oxygen atoms in total. The third-order valence-electron chi connectivity index (χ3n) is 3.42. The van der Waals surface area contributed by atoms with Crippen molar-refractivity contribution in [2.75, 3.05) is 30.8 Å². The molecule has 0 spiro atoms. The molecule has 0 unspecified atom stereocenters. The van der Waals surface area contributed by atoms with Crippen LogP contribution in [0.1, 0.15) is 19.8 Å². The minimum atomic E-state index is -0.404. The van der Waals surface area contributed by atoms with Crippen molar-refractivity contribution in [1.82, 2.24) is 4.98 Å². The molecule has 7 heteroatoms. The topological polar surface area (TPSA) is 77.3 Å². The fourth-order valence-electron chi connectivity index (χ4n) is 2.35. The molecule has 1 aliphatic heterocycles. The quantitative estimate of drug-likeness (QED) is 0.642. The summed E-state index contributed by atoms with van der Waals surface area (Å²) in [7, 11) is 0. The highest BCUT2D eigenvalue weighted by Crippen LogP contribution is 2.36. The number of nitrogens with zero attached hydrogens (tertiary/aromatic N) is 2. The van der Waals surface area contributed by atoms with Crippen LogP contribution in [-0.4, -0.2) is 40.2 Å². The van der Waals surface area contributed by atoms with Crippen LogP contribution in [0.15, 0.2) is 18.3 Å². The summed E-state index contributed by atoms with van der Waals surface area (Å²) in [6.07, 6.45) is 3.48. The first-order chi connectivity index (χ1) is 9.67. The van der Waals surface area contributed by atoms with Gasteiger partial charge in [-0.1, -0.05) is 6.92 Å². The monoisotopic (exact) mass is 297 g/mol. The number of pyridine rings is 1. The molecule has 1 saturated heterocycles. The Kier molecular flexibility index (Phi) is 5.19. The van der Waals surface area contributed by atoms with Crippen molar-refractivity contribution < 1.29 is 9.66 Å². The summed E-state index contributed by atoms with van der Waals surface area (Å²) >= 11 is 1.89. The first-order valence-electron chi connectivity index (χ1n) is 6.72. The summed E-state index contributed by atoms with van der Waals surface area (Å²) in [4.78, 5) is 14.7. The zero-order valence-electron chi connectivity index (χ0n) is 11.5. The van der Waals surface area contributed by atoms with Gasteiger partial charge in [0.15, 0.2) is 0 Å². The maximum atomic E-state index is 11.0. The van der Waals surface area contributed by atoms with Crippen molar-refractivity contribution in [3.8, 4) is 0 Å². The molecule has 0 radical (unpaired) electrons. The lowest BCUT2D eigenvalue weighted by Crippen LogP contribution is -2.40. The summed E-state index contributed by atoms with van der Waals surface area (Å²) in [5, 5.41) is 14.1. The van der Waals surface area contributed by atoms with Crippen LogP contribution in [0.5, 0.6) is 0 Å². The van der Waals surface area contributed by atoms with E-state index < -0.39 is 4.92 Å². The second-order valence-corrected chi connectivity index (χ2v) is 6.44. The van der Waals surface area contributed by atoms with Crippen molar-refractivity contribution in [2.24, 2.45) is 0 Å². The van der Waals surface area contributed by atoms with Crippen molar-refractivity contribution >= 4 is 23.3 Å². The zero-order chi connectivity index (χ0) is 14.4. The van der Waals surface area contributed by atoms with E-state index in [-0.39, 0.29) is 10.4 Å². The van der Waals surface area contributed by atoms with E-state index in [1.165, 1.54) is 6.07 Å². The van der Waals surface area contributed by atoms with Crippen LogP contribution in [0.3, 0.4) is 0 Å². The average Bonchev–Trinajstić information content (AvgIpc) is 2.47. The van der Waals surface area contributed by atoms with Gasteiger partial charge in [-0.15, -0.1) is 0 Å². The number of hydrogen-bond donors (Lipinski definition) is 1. The van der Waals surface area contributed by atoms with Gasteiger partial charge >= 0.3 is 5.69 Å². The Morgan fingerprint density at radius 3 is 2.95 bits per heavy atom. The summed E-state index contributed by atoms with van der Waals surface area (Å²) in [6, 6.07) is 3.05. The Balaban J connectivity index is 2.07. The molecule has 2 heterocycles. The largest absolute Gasteiger partial charge is 0.381 e. The standard InChI is InChI=1S/C13H19N3O3S/c1-2-20-13(5-8-19-9-6-13)10-15-12-11(16(17)18)4-3-7-14-12/h3-4,7H,2,5-6,8-10H2,1H3,(H,14,15). The Morgan fingerprint density at radius 2 is 2.30 bits per heavy atom. The highest BCUT2D eigenvalue weighted by Gasteiger charge is 2.33. The molecule has 0 atom stereocenters. The van der Waals surface area contributed by atoms with E-state index in [2.05, 4.69) is 17.2 Å². The fourth-order valence-corrected chi connectivity index (χ4v) is 3.59. The molecule has 0 amide bonds. The van der Waals surface area contributed by atoms with Gasteiger partial charge in [0.2, 0.25) is 5.82 Å². The zero-order valence-corrected chi connectivity index (χ0v) is 12.3. The molecule has 1 aliphatic rings. The number of ether oxygens (including phenoxy) is 1. The first-order valence-corrected chi connectivity index (χ1v) is 7.70. The number of thioether (sulfide) groups is 1. The number of aromatic nitrogens is 1. The van der Waals surface area contributed by atoms with Gasteiger partial charge in [0, 0.05) is 36.8 Å². The SMILES string of the molecule is CCSC1(CNc2ncccc2[N+](=O)[O-])CCOCC1. The van der Waals surface area contributed by atoms with E-state index in [9.17, 15) is 10.1 Å². The van der Waals surface area contributed by atoms with Gasteiger partial charge in [-0.2, -0.15) is 11.8 Å². The Morgan fingerprint density at radius 1 is 1.55 bits per heavy atom. The summed E-state index contributed by atoms with van der Waals surface area (Å²) < 4.78 is 5.50. The van der Waals surface area contributed by atoms with Crippen LogP contribution in [0.2, 0.25) is 0 Å². The lowest BCUT2D eigenvalue weighted by molar-refractivity contribution is -0.384. The molecule has 1 aromatic heterocycles. The predicted molar refractivity (Wildman–Crippen MR) is 80.3 cm³/mol. The third-order valence-corrected chi connectivity index (χ3v) is 4.87. The number of nitro groups is 1. The molecule has 0 aromatic carbocycles. The summed E-state index contributed by atoms with van der Waals surface area (Å²) in [5.74, 6) is 1.37. The molecular formula is C13H19N3O3S. The summed E-state index contributed by atoms with van der Waals surface area (Å²) in [5.41, 5.74) is 0.0243. The van der Waals surface area contributed by atoms with E-state index in [0.717, 1.165) is 31.8 Å². The Bertz CT molecular complexity index is 458. The molecular weight excluding hydrogens is 278 g/mol. The van der Waals surface area contributed by atoms with Gasteiger partial charge in [-0.05, 0) is 24.7 Å². The van der Waals surface area contributed by atoms with Gasteiger partial charge in [-0.3, -0.25) is 10.1 Å². The Hall–Kier alpha value is -1.34. The van der Waals surface area contributed by atoms with Gasteiger partial charge in [0.05, 0.1) is 4.92 Å². The minimum Gasteiger partial charge on any atom is -0.381 e.